The van der Waals surface area contributed by atoms with Crippen LogP contribution < -0.4 is 0 Å². The number of hydrogen-bond acceptors (Lipinski definition) is 2. The number of ether oxygens (including phenoxy) is 1. The van der Waals surface area contributed by atoms with Gasteiger partial charge in [-0.15, -0.1) is 0 Å². The minimum Gasteiger partial charge on any atom is -0.455 e. The lowest BCUT2D eigenvalue weighted by atomic mass is 9.68. The Kier molecular flexibility index (Phi) is 6.67. The molecule has 0 N–H and O–H groups in total. The van der Waals surface area contributed by atoms with Crippen molar-refractivity contribution in [2.24, 2.45) is 40.9 Å². The highest BCUT2D eigenvalue weighted by Gasteiger charge is 2.58. The van der Waals surface area contributed by atoms with Crippen LogP contribution in [-0.4, -0.2) is 11.6 Å². The molecule has 0 heterocycles. The normalized spacial score (nSPS) is 35.2. The van der Waals surface area contributed by atoms with Crippen molar-refractivity contribution in [1.82, 2.24) is 0 Å². The number of hydrogen-bond donors (Lipinski definition) is 0. The molecule has 2 saturated carbocycles. The third-order valence-electron chi connectivity index (χ3n) is 7.61. The highest BCUT2D eigenvalue weighted by Crippen LogP contribution is 2.61. The Bertz CT molecular complexity index is 504. The molecule has 0 radical (unpaired) electrons. The fourth-order valence-corrected chi connectivity index (χ4v) is 5.70. The van der Waals surface area contributed by atoms with Crippen LogP contribution in [0.15, 0.2) is 12.7 Å². The van der Waals surface area contributed by atoms with Gasteiger partial charge in [0.25, 0.3) is 0 Å². The lowest BCUT2D eigenvalue weighted by Crippen LogP contribution is -2.43. The Hall–Kier alpha value is -0.790. The molecule has 2 rings (SSSR count). The summed E-state index contributed by atoms with van der Waals surface area (Å²) in [7, 11) is 0. The summed E-state index contributed by atoms with van der Waals surface area (Å²) < 4.78 is 6.10. The first-order valence-corrected chi connectivity index (χ1v) is 10.9. The molecule has 0 aromatic carbocycles. The Morgan fingerprint density at radius 2 is 1.88 bits per heavy atom. The molecule has 0 aromatic heterocycles. The van der Waals surface area contributed by atoms with Gasteiger partial charge in [-0.25, -0.2) is 0 Å². The Balaban J connectivity index is 2.44. The smallest absolute Gasteiger partial charge is 0.303 e. The second-order valence-electron chi connectivity index (χ2n) is 10.3. The summed E-state index contributed by atoms with van der Waals surface area (Å²) in [6.07, 6.45) is 9.34. The zero-order chi connectivity index (χ0) is 19.7. The molecule has 2 fully saturated rings. The average Bonchev–Trinajstić information content (AvgIpc) is 3.21. The molecule has 0 amide bonds. The maximum absolute atomic E-state index is 12.0. The van der Waals surface area contributed by atoms with Crippen molar-refractivity contribution >= 4 is 5.97 Å². The van der Waals surface area contributed by atoms with Gasteiger partial charge in [0, 0.05) is 12.8 Å². The van der Waals surface area contributed by atoms with Crippen molar-refractivity contribution in [3.8, 4) is 0 Å². The van der Waals surface area contributed by atoms with E-state index < -0.39 is 5.60 Å². The number of carbonyl (C=O) groups excluding carboxylic acids is 1. The summed E-state index contributed by atoms with van der Waals surface area (Å²) in [5, 5.41) is 0. The average molecular weight is 363 g/mol. The second-order valence-corrected chi connectivity index (χ2v) is 10.3. The molecule has 0 aromatic rings. The van der Waals surface area contributed by atoms with Crippen LogP contribution in [0.4, 0.5) is 0 Å². The lowest BCUT2D eigenvalue weighted by Gasteiger charge is -2.41. The van der Waals surface area contributed by atoms with E-state index in [2.05, 4.69) is 48.1 Å². The van der Waals surface area contributed by atoms with Gasteiger partial charge >= 0.3 is 5.97 Å². The summed E-state index contributed by atoms with van der Waals surface area (Å²) in [6.45, 7) is 19.8. The molecule has 2 nitrogen and oxygen atoms in total. The van der Waals surface area contributed by atoms with Crippen LogP contribution in [-0.2, 0) is 9.53 Å². The first-order chi connectivity index (χ1) is 12.1. The fourth-order valence-electron chi connectivity index (χ4n) is 5.70. The third-order valence-corrected chi connectivity index (χ3v) is 7.61. The van der Waals surface area contributed by atoms with E-state index in [4.69, 9.17) is 4.74 Å². The lowest BCUT2D eigenvalue weighted by molar-refractivity contribution is -0.158. The molecule has 26 heavy (non-hydrogen) atoms. The van der Waals surface area contributed by atoms with E-state index in [1.165, 1.54) is 32.1 Å². The van der Waals surface area contributed by atoms with Crippen molar-refractivity contribution in [3.05, 3.63) is 12.7 Å². The van der Waals surface area contributed by atoms with Gasteiger partial charge < -0.3 is 4.74 Å². The molecule has 6 atom stereocenters. The van der Waals surface area contributed by atoms with E-state index in [9.17, 15) is 4.79 Å². The molecule has 0 bridgehead atoms. The number of carbonyl (C=O) groups is 1. The van der Waals surface area contributed by atoms with Gasteiger partial charge in [-0.3, -0.25) is 4.79 Å². The van der Waals surface area contributed by atoms with Crippen LogP contribution in [0.3, 0.4) is 0 Å². The van der Waals surface area contributed by atoms with E-state index in [0.717, 1.165) is 6.42 Å². The first kappa shape index (κ1) is 21.5. The van der Waals surface area contributed by atoms with Crippen LogP contribution in [0.2, 0.25) is 0 Å². The number of rotatable bonds is 9. The summed E-state index contributed by atoms with van der Waals surface area (Å²) in [5.41, 5.74) is 0.0327. The Morgan fingerprint density at radius 1 is 1.27 bits per heavy atom. The Morgan fingerprint density at radius 3 is 2.31 bits per heavy atom. The van der Waals surface area contributed by atoms with E-state index in [-0.39, 0.29) is 5.97 Å². The second kappa shape index (κ2) is 8.07. The van der Waals surface area contributed by atoms with Gasteiger partial charge in [-0.05, 0) is 73.2 Å². The molecule has 0 saturated heterocycles. The van der Waals surface area contributed by atoms with Crippen molar-refractivity contribution < 1.29 is 9.53 Å². The van der Waals surface area contributed by atoms with E-state index in [0.29, 0.717) is 40.9 Å². The van der Waals surface area contributed by atoms with E-state index in [1.807, 2.05) is 6.08 Å². The minimum atomic E-state index is -0.482. The standard InChI is InChI=1S/C24H42O2/c1-9-17(5)18(6)22-21(15-23(8)11-12-23)20(13-16(3)4)14-24(22,10-2)26-19(7)25/h10,16-18,20-22H,2,9,11-15H2,1,3-8H3. The van der Waals surface area contributed by atoms with Crippen molar-refractivity contribution in [2.45, 2.75) is 92.6 Å². The van der Waals surface area contributed by atoms with E-state index in [1.54, 1.807) is 6.92 Å². The molecular weight excluding hydrogens is 320 g/mol. The highest BCUT2D eigenvalue weighted by molar-refractivity contribution is 5.67. The summed E-state index contributed by atoms with van der Waals surface area (Å²) in [4.78, 5) is 12.0. The zero-order valence-corrected chi connectivity index (χ0v) is 18.3. The van der Waals surface area contributed by atoms with Gasteiger partial charge in [0.1, 0.15) is 5.60 Å². The monoisotopic (exact) mass is 362 g/mol. The van der Waals surface area contributed by atoms with Crippen LogP contribution in [0, 0.1) is 40.9 Å². The maximum Gasteiger partial charge on any atom is 0.303 e. The van der Waals surface area contributed by atoms with Gasteiger partial charge in [0.05, 0.1) is 0 Å². The highest BCUT2D eigenvalue weighted by atomic mass is 16.6. The summed E-state index contributed by atoms with van der Waals surface area (Å²) >= 11 is 0. The van der Waals surface area contributed by atoms with Crippen LogP contribution in [0.5, 0.6) is 0 Å². The first-order valence-electron chi connectivity index (χ1n) is 10.9. The quantitative estimate of drug-likeness (QED) is 0.339. The van der Waals surface area contributed by atoms with Crippen LogP contribution in [0.1, 0.15) is 87.0 Å². The molecule has 6 unspecified atom stereocenters. The van der Waals surface area contributed by atoms with Crippen molar-refractivity contribution in [1.29, 1.82) is 0 Å². The van der Waals surface area contributed by atoms with Gasteiger partial charge in [-0.1, -0.05) is 54.5 Å². The molecule has 150 valence electrons. The summed E-state index contributed by atoms with van der Waals surface area (Å²) in [6, 6.07) is 0. The largest absolute Gasteiger partial charge is 0.455 e. The Labute approximate surface area is 162 Å². The van der Waals surface area contributed by atoms with Gasteiger partial charge in [-0.2, -0.15) is 0 Å². The molecule has 0 spiro atoms. The van der Waals surface area contributed by atoms with Gasteiger partial charge in [0.2, 0.25) is 0 Å². The third kappa shape index (κ3) is 4.54. The zero-order valence-electron chi connectivity index (χ0n) is 18.3. The van der Waals surface area contributed by atoms with E-state index >= 15 is 0 Å². The minimum absolute atomic E-state index is 0.159. The van der Waals surface area contributed by atoms with Crippen LogP contribution in [0.25, 0.3) is 0 Å². The summed E-state index contributed by atoms with van der Waals surface area (Å²) in [5.74, 6) is 3.32. The topological polar surface area (TPSA) is 26.3 Å². The predicted octanol–water partition coefficient (Wildman–Crippen LogP) is 6.65. The number of esters is 1. The molecular formula is C24H42O2. The fraction of sp³-hybridized carbons (Fsp3) is 0.875. The SMILES string of the molecule is C=CC1(OC(C)=O)CC(CC(C)C)C(CC2(C)CC2)C1C(C)C(C)CC. The predicted molar refractivity (Wildman–Crippen MR) is 110 cm³/mol. The van der Waals surface area contributed by atoms with Gasteiger partial charge in [0.15, 0.2) is 0 Å². The van der Waals surface area contributed by atoms with Crippen molar-refractivity contribution in [3.63, 3.8) is 0 Å². The maximum atomic E-state index is 12.0. The van der Waals surface area contributed by atoms with Crippen molar-refractivity contribution in [2.75, 3.05) is 0 Å². The molecule has 2 heteroatoms. The molecule has 2 aliphatic carbocycles. The molecule has 2 aliphatic rings. The molecule has 0 aliphatic heterocycles. The van der Waals surface area contributed by atoms with Crippen LogP contribution >= 0.6 is 0 Å².